The number of nitrogens with zero attached hydrogens (tertiary/aromatic N) is 2. The van der Waals surface area contributed by atoms with Crippen LogP contribution in [0.4, 0.5) is 5.82 Å². The number of rotatable bonds is 3. The molecule has 0 aliphatic heterocycles. The van der Waals surface area contributed by atoms with Gasteiger partial charge in [0.05, 0.1) is 12.4 Å². The van der Waals surface area contributed by atoms with Gasteiger partial charge in [0.2, 0.25) is 5.91 Å². The lowest BCUT2D eigenvalue weighted by molar-refractivity contribution is -0.116. The van der Waals surface area contributed by atoms with Gasteiger partial charge in [-0.05, 0) is 5.92 Å². The third-order valence-corrected chi connectivity index (χ3v) is 1.68. The van der Waals surface area contributed by atoms with Crippen LogP contribution in [0.25, 0.3) is 0 Å². The van der Waals surface area contributed by atoms with E-state index in [9.17, 15) is 4.79 Å². The maximum Gasteiger partial charge on any atom is 0.225 e. The van der Waals surface area contributed by atoms with Crippen molar-refractivity contribution in [1.29, 1.82) is 0 Å². The van der Waals surface area contributed by atoms with Gasteiger partial charge in [-0.2, -0.15) is 0 Å². The molecule has 5 heteroatoms. The largest absolute Gasteiger partial charge is 0.309 e. The van der Waals surface area contributed by atoms with Gasteiger partial charge < -0.3 is 5.32 Å². The number of nitrogens with one attached hydrogen (secondary N) is 1. The average molecular weight is 214 g/mol. The van der Waals surface area contributed by atoms with E-state index in [4.69, 9.17) is 11.6 Å². The standard InChI is InChI=1S/C9H12ClN3O/c1-6(2)3-9(14)13-8-5-11-7(10)4-12-8/h4-6H,3H2,1-2H3,(H,12,13,14). The SMILES string of the molecule is CC(C)CC(=O)Nc1cnc(Cl)cn1. The molecule has 0 bridgehead atoms. The maximum absolute atomic E-state index is 11.3. The van der Waals surface area contributed by atoms with Gasteiger partial charge in [-0.25, -0.2) is 9.97 Å². The Balaban J connectivity index is 2.52. The molecule has 0 saturated heterocycles. The zero-order valence-electron chi connectivity index (χ0n) is 8.12. The Morgan fingerprint density at radius 2 is 2.21 bits per heavy atom. The van der Waals surface area contributed by atoms with Crippen molar-refractivity contribution < 1.29 is 4.79 Å². The molecule has 76 valence electrons. The summed E-state index contributed by atoms with van der Waals surface area (Å²) in [5.41, 5.74) is 0. The normalized spacial score (nSPS) is 10.3. The van der Waals surface area contributed by atoms with E-state index in [1.807, 2.05) is 13.8 Å². The van der Waals surface area contributed by atoms with Crippen LogP contribution in [0.1, 0.15) is 20.3 Å². The smallest absolute Gasteiger partial charge is 0.225 e. The van der Waals surface area contributed by atoms with Crippen molar-refractivity contribution >= 4 is 23.3 Å². The van der Waals surface area contributed by atoms with E-state index < -0.39 is 0 Å². The fourth-order valence-corrected chi connectivity index (χ4v) is 1.04. The Labute approximate surface area is 87.7 Å². The van der Waals surface area contributed by atoms with Crippen molar-refractivity contribution in [2.45, 2.75) is 20.3 Å². The Morgan fingerprint density at radius 3 is 2.71 bits per heavy atom. The topological polar surface area (TPSA) is 54.9 Å². The lowest BCUT2D eigenvalue weighted by atomic mass is 10.1. The summed E-state index contributed by atoms with van der Waals surface area (Å²) < 4.78 is 0. The van der Waals surface area contributed by atoms with Crippen molar-refractivity contribution in [3.05, 3.63) is 17.5 Å². The van der Waals surface area contributed by atoms with E-state index in [0.29, 0.717) is 23.3 Å². The number of anilines is 1. The number of halogens is 1. The predicted octanol–water partition coefficient (Wildman–Crippen LogP) is 2.11. The second-order valence-corrected chi connectivity index (χ2v) is 3.76. The fourth-order valence-electron chi connectivity index (χ4n) is 0.941. The minimum atomic E-state index is -0.0587. The fraction of sp³-hybridized carbons (Fsp3) is 0.444. The van der Waals surface area contributed by atoms with E-state index in [2.05, 4.69) is 15.3 Å². The molecule has 0 aromatic carbocycles. The first-order valence-corrected chi connectivity index (χ1v) is 4.73. The molecule has 0 radical (unpaired) electrons. The molecule has 1 aromatic heterocycles. The molecule has 0 spiro atoms. The molecule has 0 unspecified atom stereocenters. The van der Waals surface area contributed by atoms with Crippen LogP contribution in [0.15, 0.2) is 12.4 Å². The van der Waals surface area contributed by atoms with Gasteiger partial charge in [0, 0.05) is 6.42 Å². The highest BCUT2D eigenvalue weighted by atomic mass is 35.5. The van der Waals surface area contributed by atoms with E-state index in [0.717, 1.165) is 0 Å². The molecule has 1 rings (SSSR count). The molecule has 1 aromatic rings. The van der Waals surface area contributed by atoms with Gasteiger partial charge in [-0.15, -0.1) is 0 Å². The van der Waals surface area contributed by atoms with Gasteiger partial charge in [0.15, 0.2) is 5.82 Å². The van der Waals surface area contributed by atoms with Gasteiger partial charge in [0.1, 0.15) is 5.15 Å². The summed E-state index contributed by atoms with van der Waals surface area (Å²) in [6, 6.07) is 0. The minimum Gasteiger partial charge on any atom is -0.309 e. The Kier molecular flexibility index (Phi) is 3.83. The highest BCUT2D eigenvalue weighted by Gasteiger charge is 2.05. The third-order valence-electron chi connectivity index (χ3n) is 1.48. The second-order valence-electron chi connectivity index (χ2n) is 3.37. The van der Waals surface area contributed by atoms with Gasteiger partial charge in [-0.3, -0.25) is 4.79 Å². The van der Waals surface area contributed by atoms with E-state index in [1.165, 1.54) is 12.4 Å². The zero-order chi connectivity index (χ0) is 10.6. The molecular formula is C9H12ClN3O. The molecule has 14 heavy (non-hydrogen) atoms. The van der Waals surface area contributed by atoms with Crippen LogP contribution in [0.3, 0.4) is 0 Å². The quantitative estimate of drug-likeness (QED) is 0.837. The van der Waals surface area contributed by atoms with Crippen LogP contribution < -0.4 is 5.32 Å². The number of carbonyl (C=O) groups excluding carboxylic acids is 1. The molecule has 1 N–H and O–H groups in total. The third kappa shape index (κ3) is 3.70. The second kappa shape index (κ2) is 4.91. The molecule has 0 aliphatic rings. The monoisotopic (exact) mass is 213 g/mol. The molecule has 0 aliphatic carbocycles. The maximum atomic E-state index is 11.3. The minimum absolute atomic E-state index is 0.0587. The van der Waals surface area contributed by atoms with Crippen molar-refractivity contribution in [2.75, 3.05) is 5.32 Å². The van der Waals surface area contributed by atoms with Gasteiger partial charge in [0.25, 0.3) is 0 Å². The number of hydrogen-bond donors (Lipinski definition) is 1. The summed E-state index contributed by atoms with van der Waals surface area (Å²) >= 11 is 5.55. The van der Waals surface area contributed by atoms with Crippen LogP contribution >= 0.6 is 11.6 Å². The lowest BCUT2D eigenvalue weighted by Crippen LogP contribution is -2.14. The van der Waals surface area contributed by atoms with Gasteiger partial charge >= 0.3 is 0 Å². The van der Waals surface area contributed by atoms with E-state index in [-0.39, 0.29) is 5.91 Å². The number of amides is 1. The first-order chi connectivity index (χ1) is 6.58. The molecule has 1 heterocycles. The molecular weight excluding hydrogens is 202 g/mol. The lowest BCUT2D eigenvalue weighted by Gasteiger charge is -2.05. The average Bonchev–Trinajstić information content (AvgIpc) is 2.07. The highest BCUT2D eigenvalue weighted by molar-refractivity contribution is 6.29. The summed E-state index contributed by atoms with van der Waals surface area (Å²) in [6.45, 7) is 3.96. The molecule has 4 nitrogen and oxygen atoms in total. The predicted molar refractivity (Wildman–Crippen MR) is 55.1 cm³/mol. The van der Waals surface area contributed by atoms with E-state index in [1.54, 1.807) is 0 Å². The molecule has 0 saturated carbocycles. The van der Waals surface area contributed by atoms with Crippen molar-refractivity contribution in [3.63, 3.8) is 0 Å². The summed E-state index contributed by atoms with van der Waals surface area (Å²) in [7, 11) is 0. The van der Waals surface area contributed by atoms with Gasteiger partial charge in [-0.1, -0.05) is 25.4 Å². The first-order valence-electron chi connectivity index (χ1n) is 4.35. The van der Waals surface area contributed by atoms with Crippen LogP contribution in [-0.4, -0.2) is 15.9 Å². The summed E-state index contributed by atoms with van der Waals surface area (Å²) in [5, 5.41) is 2.94. The van der Waals surface area contributed by atoms with E-state index >= 15 is 0 Å². The summed E-state index contributed by atoms with van der Waals surface area (Å²) in [5.74, 6) is 0.701. The van der Waals surface area contributed by atoms with Crippen LogP contribution in [-0.2, 0) is 4.79 Å². The Bertz CT molecular complexity index is 310. The molecule has 0 atom stereocenters. The van der Waals surface area contributed by atoms with Crippen LogP contribution in [0.5, 0.6) is 0 Å². The van der Waals surface area contributed by atoms with Crippen molar-refractivity contribution in [2.24, 2.45) is 5.92 Å². The Morgan fingerprint density at radius 1 is 1.50 bits per heavy atom. The summed E-state index contributed by atoms with van der Waals surface area (Å²) in [6.07, 6.45) is 3.30. The van der Waals surface area contributed by atoms with Crippen LogP contribution in [0.2, 0.25) is 5.15 Å². The van der Waals surface area contributed by atoms with Crippen molar-refractivity contribution in [3.8, 4) is 0 Å². The van der Waals surface area contributed by atoms with Crippen LogP contribution in [0, 0.1) is 5.92 Å². The number of aromatic nitrogens is 2. The molecule has 0 fully saturated rings. The van der Waals surface area contributed by atoms with Crippen molar-refractivity contribution in [1.82, 2.24) is 9.97 Å². The molecule has 1 amide bonds. The first kappa shape index (κ1) is 10.9. The number of hydrogen-bond acceptors (Lipinski definition) is 3. The zero-order valence-corrected chi connectivity index (χ0v) is 8.88. The Hall–Kier alpha value is -1.16. The number of carbonyl (C=O) groups is 1. The highest BCUT2D eigenvalue weighted by Crippen LogP contribution is 2.07. The summed E-state index contributed by atoms with van der Waals surface area (Å²) in [4.78, 5) is 19.0.